The first-order valence-electron chi connectivity index (χ1n) is 6.87. The molecule has 1 fully saturated rings. The first-order valence-corrected chi connectivity index (χ1v) is 6.87. The van der Waals surface area contributed by atoms with Gasteiger partial charge in [0.25, 0.3) is 0 Å². The molecule has 0 bridgehead atoms. The molecule has 1 aliphatic rings. The maximum atomic E-state index is 11.9. The van der Waals surface area contributed by atoms with Crippen molar-refractivity contribution in [3.63, 3.8) is 0 Å². The first-order chi connectivity index (χ1) is 10.8. The molecule has 2 heterocycles. The Bertz CT molecular complexity index is 564. The number of hydrogen-bond acceptors (Lipinski definition) is 7. The van der Waals surface area contributed by atoms with Gasteiger partial charge in [-0.15, -0.1) is 0 Å². The number of esters is 2. The van der Waals surface area contributed by atoms with E-state index in [1.54, 1.807) is 13.0 Å². The summed E-state index contributed by atoms with van der Waals surface area (Å²) in [6.07, 6.45) is -4.58. The maximum Gasteiger partial charge on any atom is 0.490 e. The van der Waals surface area contributed by atoms with Gasteiger partial charge in [-0.25, -0.2) is 9.59 Å². The zero-order chi connectivity index (χ0) is 17.0. The summed E-state index contributed by atoms with van der Waals surface area (Å²) >= 11 is 0. The Kier molecular flexibility index (Phi) is 5.12. The highest BCUT2D eigenvalue weighted by atomic mass is 19.4. The van der Waals surface area contributed by atoms with Crippen LogP contribution in [0, 0.1) is 6.92 Å². The lowest BCUT2D eigenvalue weighted by Gasteiger charge is -2.31. The molecule has 2 rings (SSSR count). The van der Waals surface area contributed by atoms with Gasteiger partial charge in [-0.05, 0) is 6.92 Å². The fourth-order valence-corrected chi connectivity index (χ4v) is 2.13. The van der Waals surface area contributed by atoms with Crippen LogP contribution in [0.15, 0.2) is 10.6 Å². The molecule has 0 spiro atoms. The van der Waals surface area contributed by atoms with Crippen LogP contribution in [0.1, 0.15) is 18.6 Å². The maximum absolute atomic E-state index is 11.9. The molecule has 10 heteroatoms. The smallest absolute Gasteiger partial charge is 0.460 e. The number of carbonyl (C=O) groups excluding carboxylic acids is 2. The molecule has 0 unspecified atom stereocenters. The second-order valence-electron chi connectivity index (χ2n) is 5.05. The lowest BCUT2D eigenvalue weighted by atomic mass is 10.1. The average Bonchev–Trinajstić information content (AvgIpc) is 2.91. The Morgan fingerprint density at radius 2 is 2.04 bits per heavy atom. The van der Waals surface area contributed by atoms with Crippen LogP contribution in [-0.2, 0) is 19.1 Å². The third-order valence-electron chi connectivity index (χ3n) is 3.23. The molecule has 1 aromatic rings. The fraction of sp³-hybridized carbons (Fsp3) is 0.615. The van der Waals surface area contributed by atoms with Crippen molar-refractivity contribution >= 4 is 17.8 Å². The number of carbonyl (C=O) groups is 2. The van der Waals surface area contributed by atoms with E-state index >= 15 is 0 Å². The van der Waals surface area contributed by atoms with Gasteiger partial charge in [-0.3, -0.25) is 0 Å². The highest BCUT2D eigenvalue weighted by Crippen LogP contribution is 2.21. The van der Waals surface area contributed by atoms with Gasteiger partial charge in [-0.1, -0.05) is 5.16 Å². The number of piperidine rings is 1. The minimum absolute atomic E-state index is 0.434. The molecular weight excluding hydrogens is 321 g/mol. The molecule has 1 aliphatic heterocycles. The topological polar surface area (TPSA) is 81.9 Å². The van der Waals surface area contributed by atoms with Gasteiger partial charge in [0.15, 0.2) is 12.4 Å². The summed E-state index contributed by atoms with van der Waals surface area (Å²) in [6.45, 7) is 1.84. The minimum Gasteiger partial charge on any atom is -0.460 e. The van der Waals surface area contributed by atoms with E-state index in [1.165, 1.54) is 0 Å². The Morgan fingerprint density at radius 1 is 1.39 bits per heavy atom. The predicted octanol–water partition coefficient (Wildman–Crippen LogP) is 1.60. The van der Waals surface area contributed by atoms with Gasteiger partial charge >= 0.3 is 18.1 Å². The summed E-state index contributed by atoms with van der Waals surface area (Å²) in [5.41, 5.74) is 0. The normalized spacial score (nSPS) is 16.3. The van der Waals surface area contributed by atoms with E-state index in [0.717, 1.165) is 0 Å². The molecule has 1 saturated heterocycles. The van der Waals surface area contributed by atoms with Crippen molar-refractivity contribution in [3.8, 4) is 0 Å². The third kappa shape index (κ3) is 4.86. The Hall–Kier alpha value is -2.26. The van der Waals surface area contributed by atoms with Crippen LogP contribution < -0.4 is 4.90 Å². The fourth-order valence-electron chi connectivity index (χ4n) is 2.13. The molecule has 0 saturated carbocycles. The van der Waals surface area contributed by atoms with E-state index in [9.17, 15) is 22.8 Å². The van der Waals surface area contributed by atoms with Crippen LogP contribution in [0.5, 0.6) is 0 Å². The van der Waals surface area contributed by atoms with Crippen LogP contribution >= 0.6 is 0 Å². The zero-order valence-corrected chi connectivity index (χ0v) is 12.3. The SMILES string of the molecule is Cc1cc(N2CCC(OC(=O)COC(=O)C(F)(F)F)CC2)no1. The third-order valence-corrected chi connectivity index (χ3v) is 3.23. The zero-order valence-electron chi connectivity index (χ0n) is 12.3. The quantitative estimate of drug-likeness (QED) is 0.772. The Balaban J connectivity index is 1.71. The summed E-state index contributed by atoms with van der Waals surface area (Å²) in [6, 6.07) is 1.78. The lowest BCUT2D eigenvalue weighted by Crippen LogP contribution is -2.38. The van der Waals surface area contributed by atoms with E-state index in [4.69, 9.17) is 9.26 Å². The number of hydrogen-bond donors (Lipinski definition) is 0. The number of nitrogens with zero attached hydrogens (tertiary/aromatic N) is 2. The van der Waals surface area contributed by atoms with Gasteiger partial charge in [0.2, 0.25) is 0 Å². The summed E-state index contributed by atoms with van der Waals surface area (Å²) in [5, 5.41) is 3.88. The van der Waals surface area contributed by atoms with Gasteiger partial charge in [0.1, 0.15) is 11.9 Å². The van der Waals surface area contributed by atoms with E-state index in [0.29, 0.717) is 37.5 Å². The second-order valence-corrected chi connectivity index (χ2v) is 5.05. The van der Waals surface area contributed by atoms with Crippen molar-refractivity contribution in [2.75, 3.05) is 24.6 Å². The molecule has 1 aromatic heterocycles. The molecule has 7 nitrogen and oxygen atoms in total. The number of aromatic nitrogens is 1. The van der Waals surface area contributed by atoms with Crippen molar-refractivity contribution in [2.45, 2.75) is 32.0 Å². The molecule has 23 heavy (non-hydrogen) atoms. The van der Waals surface area contributed by atoms with Gasteiger partial charge in [-0.2, -0.15) is 13.2 Å². The molecule has 128 valence electrons. The molecule has 0 N–H and O–H groups in total. The molecular formula is C13H15F3N2O5. The number of halogens is 3. The number of aryl methyl sites for hydroxylation is 1. The number of alkyl halides is 3. The molecule has 0 atom stereocenters. The molecule has 0 aromatic carbocycles. The van der Waals surface area contributed by atoms with Gasteiger partial charge in [0.05, 0.1) is 0 Å². The first kappa shape index (κ1) is 17.1. The number of ether oxygens (including phenoxy) is 2. The second kappa shape index (κ2) is 6.88. The van der Waals surface area contributed by atoms with Gasteiger partial charge < -0.3 is 18.9 Å². The van der Waals surface area contributed by atoms with Crippen LogP contribution in [0.25, 0.3) is 0 Å². The average molecular weight is 336 g/mol. The van der Waals surface area contributed by atoms with Crippen LogP contribution in [0.2, 0.25) is 0 Å². The van der Waals surface area contributed by atoms with Gasteiger partial charge in [0, 0.05) is 32.0 Å². The molecule has 0 aliphatic carbocycles. The predicted molar refractivity (Wildman–Crippen MR) is 69.6 cm³/mol. The molecule has 0 radical (unpaired) electrons. The lowest BCUT2D eigenvalue weighted by molar-refractivity contribution is -0.202. The highest BCUT2D eigenvalue weighted by molar-refractivity contribution is 5.79. The standard InChI is InChI=1S/C13H15F3N2O5/c1-8-6-10(17-23-8)18-4-2-9(3-5-18)22-11(19)7-21-12(20)13(14,15)16/h6,9H,2-5,7H2,1H3. The van der Waals surface area contributed by atoms with E-state index in [-0.39, 0.29) is 0 Å². The molecule has 0 amide bonds. The summed E-state index contributed by atoms with van der Waals surface area (Å²) in [4.78, 5) is 23.8. The number of rotatable bonds is 4. The Morgan fingerprint density at radius 3 is 2.57 bits per heavy atom. The van der Waals surface area contributed by atoms with Crippen molar-refractivity contribution in [1.82, 2.24) is 5.16 Å². The van der Waals surface area contributed by atoms with E-state index < -0.39 is 30.8 Å². The van der Waals surface area contributed by atoms with Crippen LogP contribution in [0.3, 0.4) is 0 Å². The summed E-state index contributed by atoms with van der Waals surface area (Å²) in [7, 11) is 0. The van der Waals surface area contributed by atoms with E-state index in [1.807, 2.05) is 4.90 Å². The van der Waals surface area contributed by atoms with Crippen molar-refractivity contribution in [1.29, 1.82) is 0 Å². The largest absolute Gasteiger partial charge is 0.490 e. The summed E-state index contributed by atoms with van der Waals surface area (Å²) < 4.78 is 49.6. The van der Waals surface area contributed by atoms with Crippen LogP contribution in [-0.4, -0.2) is 49.1 Å². The monoisotopic (exact) mass is 336 g/mol. The van der Waals surface area contributed by atoms with E-state index in [2.05, 4.69) is 9.89 Å². The van der Waals surface area contributed by atoms with Crippen LogP contribution in [0.4, 0.5) is 19.0 Å². The Labute approximate surface area is 129 Å². The number of anilines is 1. The minimum atomic E-state index is -5.12. The van der Waals surface area contributed by atoms with Crippen molar-refractivity contribution < 1.29 is 36.8 Å². The van der Waals surface area contributed by atoms with Crippen molar-refractivity contribution in [3.05, 3.63) is 11.8 Å². The van der Waals surface area contributed by atoms with Crippen molar-refractivity contribution in [2.24, 2.45) is 0 Å². The highest BCUT2D eigenvalue weighted by Gasteiger charge is 2.41. The summed E-state index contributed by atoms with van der Waals surface area (Å²) in [5.74, 6) is -2.05.